The lowest BCUT2D eigenvalue weighted by Crippen LogP contribution is -2.12. The number of hydrogen-bond donors (Lipinski definition) is 1. The molecule has 0 saturated heterocycles. The molecule has 1 heterocycles. The maximum atomic E-state index is 11.4. The number of carbonyl (C=O) groups is 1. The van der Waals surface area contributed by atoms with Crippen LogP contribution in [-0.4, -0.2) is 22.3 Å². The number of rotatable bonds is 5. The average molecular weight is 294 g/mol. The molecule has 0 saturated carbocycles. The average Bonchev–Trinajstić information content (AvgIpc) is 2.72. The number of primary amides is 1. The first-order chi connectivity index (χ1) is 9.54. The highest BCUT2D eigenvalue weighted by molar-refractivity contribution is 6.33. The van der Waals surface area contributed by atoms with E-state index in [9.17, 15) is 4.79 Å². The van der Waals surface area contributed by atoms with Gasteiger partial charge in [-0.2, -0.15) is 5.10 Å². The van der Waals surface area contributed by atoms with Gasteiger partial charge in [-0.3, -0.25) is 4.79 Å². The second kappa shape index (κ2) is 5.96. The van der Waals surface area contributed by atoms with Gasteiger partial charge in [-0.05, 0) is 25.5 Å². The van der Waals surface area contributed by atoms with Gasteiger partial charge >= 0.3 is 0 Å². The Balaban J connectivity index is 2.41. The second-order valence-electron chi connectivity index (χ2n) is 4.37. The van der Waals surface area contributed by atoms with Crippen LogP contribution in [0.3, 0.4) is 0 Å². The first-order valence-electron chi connectivity index (χ1n) is 6.32. The summed E-state index contributed by atoms with van der Waals surface area (Å²) in [7, 11) is 0. The van der Waals surface area contributed by atoms with Crippen molar-refractivity contribution in [1.29, 1.82) is 0 Å². The van der Waals surface area contributed by atoms with Crippen molar-refractivity contribution in [3.8, 4) is 11.4 Å². The van der Waals surface area contributed by atoms with Gasteiger partial charge in [0.05, 0.1) is 23.6 Å². The largest absolute Gasteiger partial charge is 0.494 e. The van der Waals surface area contributed by atoms with E-state index in [1.165, 1.54) is 4.68 Å². The number of aromatic nitrogens is 2. The Kier molecular flexibility index (Phi) is 4.29. The number of hydrogen-bond acceptors (Lipinski definition) is 3. The Labute approximate surface area is 122 Å². The van der Waals surface area contributed by atoms with E-state index in [-0.39, 0.29) is 10.7 Å². The van der Waals surface area contributed by atoms with Crippen LogP contribution in [0, 0.1) is 6.92 Å². The van der Waals surface area contributed by atoms with Gasteiger partial charge in [0.2, 0.25) is 0 Å². The lowest BCUT2D eigenvalue weighted by molar-refractivity contribution is 0.1000. The second-order valence-corrected chi connectivity index (χ2v) is 4.73. The Hall–Kier alpha value is -2.01. The van der Waals surface area contributed by atoms with Crippen LogP contribution in [0.1, 0.15) is 29.4 Å². The van der Waals surface area contributed by atoms with E-state index in [2.05, 4.69) is 5.10 Å². The molecule has 0 aliphatic rings. The van der Waals surface area contributed by atoms with Gasteiger partial charge in [0.25, 0.3) is 5.91 Å². The first kappa shape index (κ1) is 14.4. The van der Waals surface area contributed by atoms with E-state index in [0.29, 0.717) is 12.3 Å². The number of nitrogens with two attached hydrogens (primary N) is 1. The number of ether oxygens (including phenoxy) is 1. The number of benzene rings is 1. The van der Waals surface area contributed by atoms with Crippen molar-refractivity contribution in [3.63, 3.8) is 0 Å². The molecule has 106 valence electrons. The van der Waals surface area contributed by atoms with Crippen molar-refractivity contribution in [1.82, 2.24) is 9.78 Å². The van der Waals surface area contributed by atoms with Crippen molar-refractivity contribution in [2.24, 2.45) is 5.73 Å². The Morgan fingerprint density at radius 1 is 1.50 bits per heavy atom. The molecule has 20 heavy (non-hydrogen) atoms. The van der Waals surface area contributed by atoms with Gasteiger partial charge in [0.15, 0.2) is 0 Å². The third kappa shape index (κ3) is 2.77. The van der Waals surface area contributed by atoms with Crippen LogP contribution in [0.25, 0.3) is 5.69 Å². The lowest BCUT2D eigenvalue weighted by Gasteiger charge is -2.07. The molecular formula is C14H16ClN3O2. The molecular weight excluding hydrogens is 278 g/mol. The number of nitrogens with zero attached hydrogens (tertiary/aromatic N) is 2. The minimum atomic E-state index is -0.586. The van der Waals surface area contributed by atoms with Crippen LogP contribution in [0.15, 0.2) is 24.3 Å². The van der Waals surface area contributed by atoms with E-state index < -0.39 is 5.91 Å². The summed E-state index contributed by atoms with van der Waals surface area (Å²) in [4.78, 5) is 11.4. The van der Waals surface area contributed by atoms with Crippen LogP contribution in [-0.2, 0) is 0 Å². The Bertz CT molecular complexity index is 637. The van der Waals surface area contributed by atoms with E-state index in [0.717, 1.165) is 17.9 Å². The maximum absolute atomic E-state index is 11.4. The molecule has 6 heteroatoms. The molecule has 1 aromatic carbocycles. The molecule has 2 aromatic rings. The molecule has 0 spiro atoms. The fourth-order valence-electron chi connectivity index (χ4n) is 1.88. The molecule has 1 aromatic heterocycles. The highest BCUT2D eigenvalue weighted by atomic mass is 35.5. The van der Waals surface area contributed by atoms with Gasteiger partial charge in [0.1, 0.15) is 10.9 Å². The minimum absolute atomic E-state index is 0.211. The molecule has 0 bridgehead atoms. The zero-order valence-electron chi connectivity index (χ0n) is 11.4. The smallest absolute Gasteiger partial charge is 0.253 e. The molecule has 0 aliphatic carbocycles. The topological polar surface area (TPSA) is 70.1 Å². The molecule has 2 N–H and O–H groups in total. The van der Waals surface area contributed by atoms with Crippen molar-refractivity contribution in [2.45, 2.75) is 20.3 Å². The number of aryl methyl sites for hydroxylation is 1. The summed E-state index contributed by atoms with van der Waals surface area (Å²) in [5.74, 6) is 0.145. The molecule has 0 unspecified atom stereocenters. The van der Waals surface area contributed by atoms with Gasteiger partial charge in [-0.25, -0.2) is 4.68 Å². The Morgan fingerprint density at radius 2 is 2.25 bits per heavy atom. The maximum Gasteiger partial charge on any atom is 0.253 e. The quantitative estimate of drug-likeness (QED) is 0.921. The highest BCUT2D eigenvalue weighted by Crippen LogP contribution is 2.25. The van der Waals surface area contributed by atoms with Crippen molar-refractivity contribution < 1.29 is 9.53 Å². The molecule has 2 rings (SSSR count). The standard InChI is InChI=1S/C14H16ClN3O2/c1-3-7-20-11-6-4-5-10(8-11)18-13(15)12(14(16)19)9(2)17-18/h4-6,8H,3,7H2,1-2H3,(H2,16,19). The molecule has 0 atom stereocenters. The van der Waals surface area contributed by atoms with Crippen LogP contribution in [0.2, 0.25) is 5.15 Å². The third-order valence-electron chi connectivity index (χ3n) is 2.79. The van der Waals surface area contributed by atoms with E-state index in [1.807, 2.05) is 31.2 Å². The molecule has 5 nitrogen and oxygen atoms in total. The van der Waals surface area contributed by atoms with Crippen molar-refractivity contribution in [2.75, 3.05) is 6.61 Å². The highest BCUT2D eigenvalue weighted by Gasteiger charge is 2.18. The number of amides is 1. The SMILES string of the molecule is CCCOc1cccc(-n2nc(C)c(C(N)=O)c2Cl)c1. The Morgan fingerprint density at radius 3 is 2.85 bits per heavy atom. The van der Waals surface area contributed by atoms with E-state index in [4.69, 9.17) is 22.1 Å². The minimum Gasteiger partial charge on any atom is -0.494 e. The van der Waals surface area contributed by atoms with Crippen LogP contribution >= 0.6 is 11.6 Å². The summed E-state index contributed by atoms with van der Waals surface area (Å²) < 4.78 is 7.05. The summed E-state index contributed by atoms with van der Waals surface area (Å²) in [6, 6.07) is 7.36. The van der Waals surface area contributed by atoms with Crippen LogP contribution in [0.5, 0.6) is 5.75 Å². The van der Waals surface area contributed by atoms with Gasteiger partial charge in [-0.1, -0.05) is 24.6 Å². The summed E-state index contributed by atoms with van der Waals surface area (Å²) >= 11 is 6.17. The van der Waals surface area contributed by atoms with Crippen LogP contribution in [0.4, 0.5) is 0 Å². The zero-order chi connectivity index (χ0) is 14.7. The fraction of sp³-hybridized carbons (Fsp3) is 0.286. The molecule has 0 aliphatic heterocycles. The lowest BCUT2D eigenvalue weighted by atomic mass is 10.2. The molecule has 0 radical (unpaired) electrons. The predicted molar refractivity (Wildman–Crippen MR) is 77.6 cm³/mol. The third-order valence-corrected chi connectivity index (χ3v) is 3.13. The fourth-order valence-corrected chi connectivity index (χ4v) is 2.24. The number of halogens is 1. The molecule has 1 amide bonds. The van der Waals surface area contributed by atoms with Gasteiger partial charge in [0, 0.05) is 6.07 Å². The molecule has 0 fully saturated rings. The normalized spacial score (nSPS) is 10.6. The first-order valence-corrected chi connectivity index (χ1v) is 6.70. The van der Waals surface area contributed by atoms with E-state index >= 15 is 0 Å². The predicted octanol–water partition coefficient (Wildman–Crippen LogP) is 2.72. The zero-order valence-corrected chi connectivity index (χ0v) is 12.1. The van der Waals surface area contributed by atoms with Crippen molar-refractivity contribution >= 4 is 17.5 Å². The van der Waals surface area contributed by atoms with E-state index in [1.54, 1.807) is 6.92 Å². The van der Waals surface area contributed by atoms with Gasteiger partial charge in [-0.15, -0.1) is 0 Å². The summed E-state index contributed by atoms with van der Waals surface area (Å²) in [5.41, 5.74) is 6.77. The number of carbonyl (C=O) groups excluding carboxylic acids is 1. The monoisotopic (exact) mass is 293 g/mol. The summed E-state index contributed by atoms with van der Waals surface area (Å²) in [6.45, 7) is 4.37. The van der Waals surface area contributed by atoms with Gasteiger partial charge < -0.3 is 10.5 Å². The summed E-state index contributed by atoms with van der Waals surface area (Å²) in [5, 5.41) is 4.46. The summed E-state index contributed by atoms with van der Waals surface area (Å²) in [6.07, 6.45) is 0.928. The van der Waals surface area contributed by atoms with Crippen LogP contribution < -0.4 is 10.5 Å². The van der Waals surface area contributed by atoms with Crippen molar-refractivity contribution in [3.05, 3.63) is 40.7 Å².